The second kappa shape index (κ2) is 12.3. The van der Waals surface area contributed by atoms with Gasteiger partial charge in [-0.05, 0) is 61.4 Å². The molecule has 1 aliphatic carbocycles. The Morgan fingerprint density at radius 1 is 1.10 bits per heavy atom. The van der Waals surface area contributed by atoms with E-state index in [1.807, 2.05) is 55.4 Å². The van der Waals surface area contributed by atoms with Gasteiger partial charge in [0.15, 0.2) is 6.61 Å². The fourth-order valence-electron chi connectivity index (χ4n) is 4.90. The number of benzene rings is 3. The smallest absolute Gasteiger partial charge is 0.282 e. The van der Waals surface area contributed by atoms with Gasteiger partial charge < -0.3 is 15.0 Å². The zero-order valence-corrected chi connectivity index (χ0v) is 23.4. The summed E-state index contributed by atoms with van der Waals surface area (Å²) in [4.78, 5) is 33.0. The number of halogens is 1. The van der Waals surface area contributed by atoms with Crippen LogP contribution < -0.4 is 20.5 Å². The van der Waals surface area contributed by atoms with Crippen LogP contribution in [0.3, 0.4) is 0 Å². The molecule has 0 bridgehead atoms. The molecule has 0 atom stereocenters. The molecule has 1 aromatic heterocycles. The highest BCUT2D eigenvalue weighted by Crippen LogP contribution is 2.32. The van der Waals surface area contributed by atoms with Crippen molar-refractivity contribution >= 4 is 46.0 Å². The van der Waals surface area contributed by atoms with Crippen LogP contribution in [-0.2, 0) is 4.79 Å². The number of carbonyl (C=O) groups is 1. The number of nitrogens with one attached hydrogen (secondary N) is 1. The lowest BCUT2D eigenvalue weighted by Crippen LogP contribution is -2.25. The van der Waals surface area contributed by atoms with Crippen LogP contribution >= 0.6 is 11.6 Å². The molecule has 1 saturated carbocycles. The van der Waals surface area contributed by atoms with Crippen molar-refractivity contribution in [1.29, 1.82) is 0 Å². The van der Waals surface area contributed by atoms with Crippen LogP contribution in [0.15, 0.2) is 76.6 Å². The number of nitrogens with zero attached hydrogens (tertiary/aromatic N) is 4. The van der Waals surface area contributed by atoms with E-state index in [1.54, 1.807) is 36.5 Å². The summed E-state index contributed by atoms with van der Waals surface area (Å²) in [7, 11) is 3.85. The second-order valence-corrected chi connectivity index (χ2v) is 10.6. The highest BCUT2D eigenvalue weighted by atomic mass is 35.5. The minimum absolute atomic E-state index is 0.173. The second-order valence-electron chi connectivity index (χ2n) is 10.1. The molecule has 4 aromatic rings. The molecular formula is C31H32ClN5O3. The van der Waals surface area contributed by atoms with Crippen LogP contribution in [0.2, 0.25) is 5.02 Å². The molecule has 0 radical (unpaired) electrons. The molecule has 1 aliphatic rings. The molecular weight excluding hydrogens is 526 g/mol. The van der Waals surface area contributed by atoms with Gasteiger partial charge in [0, 0.05) is 48.0 Å². The van der Waals surface area contributed by atoms with Gasteiger partial charge in [0.2, 0.25) is 0 Å². The first-order chi connectivity index (χ1) is 19.4. The van der Waals surface area contributed by atoms with Crippen LogP contribution in [0.5, 0.6) is 5.75 Å². The minimum Gasteiger partial charge on any atom is -0.483 e. The van der Waals surface area contributed by atoms with Crippen molar-refractivity contribution in [1.82, 2.24) is 9.66 Å². The number of fused-ring (bicyclic) bond motifs is 1. The summed E-state index contributed by atoms with van der Waals surface area (Å²) in [6, 6.07) is 19.9. The number of anilines is 2. The van der Waals surface area contributed by atoms with Crippen molar-refractivity contribution in [2.24, 2.45) is 5.10 Å². The highest BCUT2D eigenvalue weighted by Gasteiger charge is 2.22. The molecule has 5 rings (SSSR count). The third-order valence-electron chi connectivity index (χ3n) is 7.06. The number of hydrogen-bond donors (Lipinski definition) is 1. The van der Waals surface area contributed by atoms with E-state index in [0.29, 0.717) is 38.8 Å². The predicted octanol–water partition coefficient (Wildman–Crippen LogP) is 6.06. The first-order valence-corrected chi connectivity index (χ1v) is 13.8. The number of rotatable bonds is 8. The fraction of sp³-hybridized carbons (Fsp3) is 0.290. The predicted molar refractivity (Wildman–Crippen MR) is 161 cm³/mol. The van der Waals surface area contributed by atoms with E-state index in [9.17, 15) is 9.59 Å². The third kappa shape index (κ3) is 6.34. The number of amides is 1. The summed E-state index contributed by atoms with van der Waals surface area (Å²) in [5, 5.41) is 8.57. The summed E-state index contributed by atoms with van der Waals surface area (Å²) in [5.74, 6) is 1.03. The van der Waals surface area contributed by atoms with E-state index in [4.69, 9.17) is 21.3 Å². The van der Waals surface area contributed by atoms with Crippen molar-refractivity contribution in [2.45, 2.75) is 38.0 Å². The Morgan fingerprint density at radius 2 is 1.85 bits per heavy atom. The number of ether oxygens (including phenoxy) is 1. The van der Waals surface area contributed by atoms with Crippen molar-refractivity contribution in [3.63, 3.8) is 0 Å². The maximum Gasteiger partial charge on any atom is 0.282 e. The van der Waals surface area contributed by atoms with Gasteiger partial charge in [-0.15, -0.1) is 0 Å². The van der Waals surface area contributed by atoms with Crippen molar-refractivity contribution in [3.05, 3.63) is 93.5 Å². The Morgan fingerprint density at radius 3 is 2.60 bits per heavy atom. The van der Waals surface area contributed by atoms with Gasteiger partial charge in [-0.1, -0.05) is 43.0 Å². The summed E-state index contributed by atoms with van der Waals surface area (Å²) in [6.45, 7) is -0.203. The van der Waals surface area contributed by atoms with Gasteiger partial charge in [0.05, 0.1) is 17.1 Å². The lowest BCUT2D eigenvalue weighted by molar-refractivity contribution is -0.118. The van der Waals surface area contributed by atoms with Gasteiger partial charge in [-0.25, -0.2) is 4.98 Å². The molecule has 1 N–H and O–H groups in total. The molecule has 1 fully saturated rings. The van der Waals surface area contributed by atoms with Gasteiger partial charge in [-0.2, -0.15) is 9.78 Å². The maximum absolute atomic E-state index is 13.6. The summed E-state index contributed by atoms with van der Waals surface area (Å²) in [6.07, 6.45) is 6.99. The van der Waals surface area contributed by atoms with E-state index >= 15 is 0 Å². The summed E-state index contributed by atoms with van der Waals surface area (Å²) < 4.78 is 7.40. The largest absolute Gasteiger partial charge is 0.483 e. The third-order valence-corrected chi connectivity index (χ3v) is 7.31. The lowest BCUT2D eigenvalue weighted by Gasteiger charge is -2.22. The SMILES string of the molecule is CN(C)c1ccc(C=Nn2c(C3CCCCC3)nc3ccccc3c2=O)c(OCC(=O)Nc2ccc(Cl)cc2)c1. The Balaban J connectivity index is 1.45. The topological polar surface area (TPSA) is 88.8 Å². The molecule has 0 aliphatic heterocycles. The normalized spacial score (nSPS) is 14.0. The minimum atomic E-state index is -0.310. The molecule has 0 saturated heterocycles. The van der Waals surface area contributed by atoms with Gasteiger partial charge in [-0.3, -0.25) is 9.59 Å². The molecule has 8 nitrogen and oxygen atoms in total. The summed E-state index contributed by atoms with van der Waals surface area (Å²) in [5.41, 5.74) is 2.65. The van der Waals surface area contributed by atoms with E-state index in [2.05, 4.69) is 10.4 Å². The Hall–Kier alpha value is -4.17. The van der Waals surface area contributed by atoms with Crippen LogP contribution in [0.25, 0.3) is 10.9 Å². The molecule has 0 spiro atoms. The van der Waals surface area contributed by atoms with Crippen molar-refractivity contribution in [3.8, 4) is 5.75 Å². The van der Waals surface area contributed by atoms with E-state index in [0.717, 1.165) is 31.4 Å². The van der Waals surface area contributed by atoms with E-state index < -0.39 is 0 Å². The maximum atomic E-state index is 13.6. The van der Waals surface area contributed by atoms with Crippen LogP contribution in [0.1, 0.15) is 49.4 Å². The Labute approximate surface area is 238 Å². The molecule has 0 unspecified atom stereocenters. The first-order valence-electron chi connectivity index (χ1n) is 13.4. The average Bonchev–Trinajstić information content (AvgIpc) is 2.97. The zero-order chi connectivity index (χ0) is 28.1. The van der Waals surface area contributed by atoms with Crippen LogP contribution in [-0.4, -0.2) is 42.5 Å². The Kier molecular flexibility index (Phi) is 8.45. The quantitative estimate of drug-likeness (QED) is 0.266. The molecule has 1 heterocycles. The number of carbonyl (C=O) groups excluding carboxylic acids is 1. The molecule has 206 valence electrons. The van der Waals surface area contributed by atoms with Crippen molar-refractivity contribution in [2.75, 3.05) is 30.9 Å². The molecule has 9 heteroatoms. The van der Waals surface area contributed by atoms with Gasteiger partial charge >= 0.3 is 0 Å². The first kappa shape index (κ1) is 27.4. The van der Waals surface area contributed by atoms with Crippen molar-refractivity contribution < 1.29 is 9.53 Å². The van der Waals surface area contributed by atoms with Crippen LogP contribution in [0, 0.1) is 0 Å². The van der Waals surface area contributed by atoms with Gasteiger partial charge in [0.1, 0.15) is 11.6 Å². The summed E-state index contributed by atoms with van der Waals surface area (Å²) >= 11 is 5.93. The molecule has 40 heavy (non-hydrogen) atoms. The standard InChI is InChI=1S/C31H32ClN5O3/c1-36(2)25-17-12-22(28(18-25)40-20-29(38)34-24-15-13-23(32)14-16-24)19-33-37-30(21-8-4-3-5-9-21)35-27-11-7-6-10-26(27)31(37)39/h6-7,10-19,21H,3-5,8-9,20H2,1-2H3,(H,34,38). The monoisotopic (exact) mass is 557 g/mol. The Bertz CT molecular complexity index is 1590. The highest BCUT2D eigenvalue weighted by molar-refractivity contribution is 6.30. The number of aromatic nitrogens is 2. The molecule has 3 aromatic carbocycles. The van der Waals surface area contributed by atoms with E-state index in [-0.39, 0.29) is 24.0 Å². The zero-order valence-electron chi connectivity index (χ0n) is 22.6. The average molecular weight is 558 g/mol. The molecule has 1 amide bonds. The van der Waals surface area contributed by atoms with Crippen LogP contribution in [0.4, 0.5) is 11.4 Å². The lowest BCUT2D eigenvalue weighted by atomic mass is 9.88. The fourth-order valence-corrected chi connectivity index (χ4v) is 5.03. The number of hydrogen-bond acceptors (Lipinski definition) is 6. The van der Waals surface area contributed by atoms with Gasteiger partial charge in [0.25, 0.3) is 11.5 Å². The number of para-hydroxylation sites is 1. The van der Waals surface area contributed by atoms with E-state index in [1.165, 1.54) is 11.1 Å².